The van der Waals surface area contributed by atoms with E-state index in [1.165, 1.54) is 38.5 Å². The van der Waals surface area contributed by atoms with Gasteiger partial charge in [-0.3, -0.25) is 4.57 Å². The molecule has 2 aliphatic rings. The van der Waals surface area contributed by atoms with Crippen LogP contribution in [0.4, 0.5) is 5.95 Å². The molecule has 1 saturated carbocycles. The lowest BCUT2D eigenvalue weighted by atomic mass is 9.95. The molecule has 1 unspecified atom stereocenters. The summed E-state index contributed by atoms with van der Waals surface area (Å²) in [6.07, 6.45) is 7.69. The van der Waals surface area contributed by atoms with Crippen LogP contribution in [0.25, 0.3) is 0 Å². The molecule has 1 aliphatic heterocycles. The lowest BCUT2D eigenvalue weighted by Crippen LogP contribution is -2.33. The minimum atomic E-state index is 0.545. The van der Waals surface area contributed by atoms with E-state index in [0.717, 1.165) is 23.8 Å². The van der Waals surface area contributed by atoms with Gasteiger partial charge in [0, 0.05) is 25.2 Å². The topological polar surface area (TPSA) is 40.1 Å². The van der Waals surface area contributed by atoms with Crippen LogP contribution in [-0.4, -0.2) is 52.9 Å². The number of nitrogens with zero attached hydrogens (tertiary/aromatic N) is 4. The predicted molar refractivity (Wildman–Crippen MR) is 83.8 cm³/mol. The van der Waals surface area contributed by atoms with Crippen molar-refractivity contribution in [3.05, 3.63) is 4.77 Å². The molecule has 0 bridgehead atoms. The molecule has 1 aliphatic carbocycles. The molecule has 2 heterocycles. The molecule has 0 spiro atoms. The van der Waals surface area contributed by atoms with E-state index in [-0.39, 0.29) is 0 Å². The van der Waals surface area contributed by atoms with E-state index in [0.29, 0.717) is 12.1 Å². The van der Waals surface area contributed by atoms with E-state index in [1.54, 1.807) is 0 Å². The lowest BCUT2D eigenvalue weighted by molar-refractivity contribution is 0.314. The highest BCUT2D eigenvalue weighted by Crippen LogP contribution is 2.32. The minimum Gasteiger partial charge on any atom is -0.339 e. The van der Waals surface area contributed by atoms with Gasteiger partial charge in [0.25, 0.3) is 0 Å². The number of aromatic nitrogens is 3. The van der Waals surface area contributed by atoms with E-state index >= 15 is 0 Å². The van der Waals surface area contributed by atoms with Crippen molar-refractivity contribution in [3.8, 4) is 0 Å². The first-order chi connectivity index (χ1) is 9.66. The van der Waals surface area contributed by atoms with Gasteiger partial charge in [0.1, 0.15) is 0 Å². The Kier molecular flexibility index (Phi) is 4.12. The minimum absolute atomic E-state index is 0.545. The van der Waals surface area contributed by atoms with Crippen LogP contribution < -0.4 is 4.90 Å². The van der Waals surface area contributed by atoms with Gasteiger partial charge >= 0.3 is 0 Å². The first-order valence-corrected chi connectivity index (χ1v) is 8.16. The van der Waals surface area contributed by atoms with Crippen molar-refractivity contribution in [2.45, 2.75) is 50.6 Å². The molecule has 1 atom stereocenters. The number of likely N-dealkylation sites (N-methyl/N-ethyl adjacent to an activating group) is 1. The van der Waals surface area contributed by atoms with Crippen LogP contribution in [-0.2, 0) is 0 Å². The Hall–Kier alpha value is -0.880. The quantitative estimate of drug-likeness (QED) is 0.870. The first kappa shape index (κ1) is 14.1. The largest absolute Gasteiger partial charge is 0.339 e. The van der Waals surface area contributed by atoms with Gasteiger partial charge in [-0.2, -0.15) is 0 Å². The van der Waals surface area contributed by atoms with Crippen LogP contribution in [0, 0.1) is 4.77 Å². The monoisotopic (exact) mass is 295 g/mol. The van der Waals surface area contributed by atoms with E-state index < -0.39 is 0 Å². The maximum Gasteiger partial charge on any atom is 0.226 e. The third-order valence-electron chi connectivity index (χ3n) is 4.80. The number of H-pyrrole nitrogens is 1. The summed E-state index contributed by atoms with van der Waals surface area (Å²) in [5.74, 6) is 1.06. The molecule has 1 aromatic heterocycles. The summed E-state index contributed by atoms with van der Waals surface area (Å²) in [6, 6.07) is 1.17. The Balaban J connectivity index is 1.82. The summed E-state index contributed by atoms with van der Waals surface area (Å²) >= 11 is 5.48. The SMILES string of the molecule is CN(C)C1CCN(c2n[nH]c(=S)n2C2CCCCC2)C1. The van der Waals surface area contributed by atoms with Crippen LogP contribution >= 0.6 is 12.2 Å². The van der Waals surface area contributed by atoms with E-state index in [4.69, 9.17) is 12.2 Å². The van der Waals surface area contributed by atoms with E-state index in [1.807, 2.05) is 0 Å². The van der Waals surface area contributed by atoms with Crippen molar-refractivity contribution in [1.82, 2.24) is 19.7 Å². The van der Waals surface area contributed by atoms with Gasteiger partial charge in [-0.1, -0.05) is 19.3 Å². The van der Waals surface area contributed by atoms with Crippen molar-refractivity contribution in [2.24, 2.45) is 0 Å². The number of nitrogens with one attached hydrogen (secondary N) is 1. The van der Waals surface area contributed by atoms with Crippen LogP contribution in [0.3, 0.4) is 0 Å². The van der Waals surface area contributed by atoms with Crippen LogP contribution in [0.5, 0.6) is 0 Å². The fraction of sp³-hybridized carbons (Fsp3) is 0.857. The molecule has 1 aromatic rings. The standard InChI is InChI=1S/C14H25N5S/c1-17(2)12-8-9-18(10-12)13-15-16-14(20)19(13)11-6-4-3-5-7-11/h11-12H,3-10H2,1-2H3,(H,16,20). The molecule has 0 amide bonds. The van der Waals surface area contributed by atoms with E-state index in [2.05, 4.69) is 38.7 Å². The fourth-order valence-electron chi connectivity index (χ4n) is 3.53. The number of anilines is 1. The molecule has 20 heavy (non-hydrogen) atoms. The average molecular weight is 295 g/mol. The van der Waals surface area contributed by atoms with Crippen LogP contribution in [0.15, 0.2) is 0 Å². The molecule has 5 nitrogen and oxygen atoms in total. The fourth-order valence-corrected chi connectivity index (χ4v) is 3.81. The molecule has 112 valence electrons. The Morgan fingerprint density at radius 2 is 1.95 bits per heavy atom. The number of rotatable bonds is 3. The number of hydrogen-bond donors (Lipinski definition) is 1. The maximum absolute atomic E-state index is 5.48. The number of hydrogen-bond acceptors (Lipinski definition) is 4. The summed E-state index contributed by atoms with van der Waals surface area (Å²) < 4.78 is 3.08. The summed E-state index contributed by atoms with van der Waals surface area (Å²) in [4.78, 5) is 4.71. The summed E-state index contributed by atoms with van der Waals surface area (Å²) in [7, 11) is 4.32. The Bertz CT molecular complexity index is 500. The summed E-state index contributed by atoms with van der Waals surface area (Å²) in [6.45, 7) is 2.13. The average Bonchev–Trinajstić information content (AvgIpc) is 3.06. The van der Waals surface area contributed by atoms with Crippen LogP contribution in [0.2, 0.25) is 0 Å². The van der Waals surface area contributed by atoms with Crippen LogP contribution in [0.1, 0.15) is 44.6 Å². The maximum atomic E-state index is 5.48. The molecule has 3 rings (SSSR count). The lowest BCUT2D eigenvalue weighted by Gasteiger charge is -2.27. The normalized spacial score (nSPS) is 24.8. The van der Waals surface area contributed by atoms with Gasteiger partial charge < -0.3 is 9.80 Å². The summed E-state index contributed by atoms with van der Waals surface area (Å²) in [5, 5.41) is 7.54. The van der Waals surface area contributed by atoms with Crippen molar-refractivity contribution >= 4 is 18.2 Å². The van der Waals surface area contributed by atoms with Gasteiger partial charge in [-0.25, -0.2) is 5.10 Å². The predicted octanol–water partition coefficient (Wildman–Crippen LogP) is 2.59. The second-order valence-electron chi connectivity index (χ2n) is 6.34. The molecular formula is C14H25N5S. The van der Waals surface area contributed by atoms with Gasteiger partial charge in [-0.15, -0.1) is 5.10 Å². The zero-order valence-corrected chi connectivity index (χ0v) is 13.3. The Labute approximate surface area is 126 Å². The molecular weight excluding hydrogens is 270 g/mol. The van der Waals surface area contributed by atoms with Crippen molar-refractivity contribution in [3.63, 3.8) is 0 Å². The second-order valence-corrected chi connectivity index (χ2v) is 6.73. The first-order valence-electron chi connectivity index (χ1n) is 7.75. The van der Waals surface area contributed by atoms with Crippen molar-refractivity contribution in [2.75, 3.05) is 32.1 Å². The zero-order chi connectivity index (χ0) is 14.1. The molecule has 0 aromatic carbocycles. The smallest absolute Gasteiger partial charge is 0.226 e. The molecule has 0 radical (unpaired) electrons. The highest BCUT2D eigenvalue weighted by molar-refractivity contribution is 7.71. The van der Waals surface area contributed by atoms with Crippen molar-refractivity contribution in [1.29, 1.82) is 0 Å². The third kappa shape index (κ3) is 2.63. The van der Waals surface area contributed by atoms with E-state index in [9.17, 15) is 0 Å². The molecule has 1 N–H and O–H groups in total. The highest BCUT2D eigenvalue weighted by Gasteiger charge is 2.29. The van der Waals surface area contributed by atoms with Gasteiger partial charge in [0.15, 0.2) is 4.77 Å². The number of aromatic amines is 1. The van der Waals surface area contributed by atoms with Gasteiger partial charge in [-0.05, 0) is 45.6 Å². The zero-order valence-electron chi connectivity index (χ0n) is 12.5. The third-order valence-corrected chi connectivity index (χ3v) is 5.09. The van der Waals surface area contributed by atoms with Gasteiger partial charge in [0.2, 0.25) is 5.95 Å². The Morgan fingerprint density at radius 1 is 1.20 bits per heavy atom. The molecule has 6 heteroatoms. The molecule has 2 fully saturated rings. The van der Waals surface area contributed by atoms with Gasteiger partial charge in [0.05, 0.1) is 0 Å². The second kappa shape index (κ2) is 5.85. The highest BCUT2D eigenvalue weighted by atomic mass is 32.1. The van der Waals surface area contributed by atoms with Crippen molar-refractivity contribution < 1.29 is 0 Å². The Morgan fingerprint density at radius 3 is 2.60 bits per heavy atom. The molecule has 1 saturated heterocycles. The summed E-state index contributed by atoms with van der Waals surface area (Å²) in [5.41, 5.74) is 0.